The van der Waals surface area contributed by atoms with Gasteiger partial charge in [0.2, 0.25) is 11.7 Å². The summed E-state index contributed by atoms with van der Waals surface area (Å²) in [4.78, 5) is 34.4. The summed E-state index contributed by atoms with van der Waals surface area (Å²) in [6, 6.07) is 15.9. The number of carbonyl (C=O) groups is 2. The van der Waals surface area contributed by atoms with Crippen LogP contribution in [-0.2, 0) is 28.4 Å². The number of nitrogens with zero attached hydrogens (tertiary/aromatic N) is 3. The number of amides is 2. The number of aromatic nitrogens is 1. The van der Waals surface area contributed by atoms with Crippen LogP contribution in [0.5, 0.6) is 17.2 Å². The van der Waals surface area contributed by atoms with Gasteiger partial charge >= 0.3 is 5.92 Å². The van der Waals surface area contributed by atoms with Crippen LogP contribution >= 0.6 is 0 Å². The monoisotopic (exact) mass is 637 g/mol. The number of halogens is 2. The Morgan fingerprint density at radius 1 is 0.913 bits per heavy atom. The number of hydrogen-bond acceptors (Lipinski definition) is 6. The first kappa shape index (κ1) is 34.7. The lowest BCUT2D eigenvalue weighted by Crippen LogP contribution is -2.50. The SMILES string of the molecule is COc1cc(C(F)(F)C(=O)N2CCCCC2CCC(=O)N(CCCc2ccccc2)CCCc2cccnc2)cc(OC)c1OC. The summed E-state index contributed by atoms with van der Waals surface area (Å²) in [6.07, 6.45) is 9.36. The molecule has 0 N–H and O–H groups in total. The molecule has 0 radical (unpaired) electrons. The lowest BCUT2D eigenvalue weighted by molar-refractivity contribution is -0.163. The molecule has 2 heterocycles. The van der Waals surface area contributed by atoms with Crippen LogP contribution in [0.4, 0.5) is 8.78 Å². The zero-order valence-corrected chi connectivity index (χ0v) is 27.1. The fraction of sp³-hybridized carbons (Fsp3) is 0.472. The molecule has 1 unspecified atom stereocenters. The number of alkyl halides is 2. The summed E-state index contributed by atoms with van der Waals surface area (Å²) in [5, 5.41) is 0. The lowest BCUT2D eigenvalue weighted by Gasteiger charge is -2.38. The number of ether oxygens (including phenoxy) is 3. The molecule has 1 aliphatic heterocycles. The van der Waals surface area contributed by atoms with E-state index in [4.69, 9.17) is 14.2 Å². The van der Waals surface area contributed by atoms with Gasteiger partial charge in [0, 0.05) is 50.1 Å². The Morgan fingerprint density at radius 2 is 1.57 bits per heavy atom. The third-order valence-electron chi connectivity index (χ3n) is 8.58. The van der Waals surface area contributed by atoms with Crippen LogP contribution in [-0.4, -0.2) is 73.6 Å². The highest BCUT2D eigenvalue weighted by Crippen LogP contribution is 2.43. The van der Waals surface area contributed by atoms with Gasteiger partial charge in [-0.15, -0.1) is 0 Å². The average molecular weight is 638 g/mol. The molecule has 4 rings (SSSR count). The molecule has 2 amide bonds. The van der Waals surface area contributed by atoms with Crippen molar-refractivity contribution < 1.29 is 32.6 Å². The highest BCUT2D eigenvalue weighted by molar-refractivity contribution is 5.86. The number of piperidine rings is 1. The van der Waals surface area contributed by atoms with Gasteiger partial charge in [0.05, 0.1) is 21.3 Å². The first-order valence-corrected chi connectivity index (χ1v) is 16.0. The number of hydrogen-bond donors (Lipinski definition) is 0. The zero-order valence-electron chi connectivity index (χ0n) is 27.1. The molecule has 0 spiro atoms. The quantitative estimate of drug-likeness (QED) is 0.180. The van der Waals surface area contributed by atoms with Crippen molar-refractivity contribution >= 4 is 11.8 Å². The molecule has 1 aromatic heterocycles. The van der Waals surface area contributed by atoms with E-state index in [-0.39, 0.29) is 36.1 Å². The predicted molar refractivity (Wildman–Crippen MR) is 172 cm³/mol. The number of carbonyl (C=O) groups excluding carboxylic acids is 2. The summed E-state index contributed by atoms with van der Waals surface area (Å²) in [6.45, 7) is 1.41. The Kier molecular flexibility index (Phi) is 12.7. The Labute approximate surface area is 270 Å². The molecule has 8 nitrogen and oxygen atoms in total. The van der Waals surface area contributed by atoms with E-state index in [0.717, 1.165) is 49.8 Å². The highest BCUT2D eigenvalue weighted by Gasteiger charge is 2.47. The van der Waals surface area contributed by atoms with Crippen LogP contribution < -0.4 is 14.2 Å². The van der Waals surface area contributed by atoms with Crippen LogP contribution in [0.2, 0.25) is 0 Å². The molecule has 3 aromatic rings. The van der Waals surface area contributed by atoms with Gasteiger partial charge in [0.1, 0.15) is 0 Å². The summed E-state index contributed by atoms with van der Waals surface area (Å²) in [5.74, 6) is -4.88. The van der Waals surface area contributed by atoms with Crippen LogP contribution in [0.3, 0.4) is 0 Å². The van der Waals surface area contributed by atoms with Gasteiger partial charge in [-0.05, 0) is 80.7 Å². The first-order chi connectivity index (χ1) is 22.3. The molecule has 0 saturated carbocycles. The molecule has 1 fully saturated rings. The van der Waals surface area contributed by atoms with E-state index in [2.05, 4.69) is 17.1 Å². The molecular formula is C36H45F2N3O5. The van der Waals surface area contributed by atoms with Gasteiger partial charge < -0.3 is 24.0 Å². The minimum absolute atomic E-state index is 0.0198. The van der Waals surface area contributed by atoms with Gasteiger partial charge in [0.15, 0.2) is 11.5 Å². The second-order valence-corrected chi connectivity index (χ2v) is 11.6. The number of aryl methyl sites for hydroxylation is 2. The van der Waals surface area contributed by atoms with Crippen LogP contribution in [0.25, 0.3) is 0 Å². The maximum absolute atomic E-state index is 15.8. The molecule has 1 saturated heterocycles. The number of likely N-dealkylation sites (tertiary alicyclic amines) is 1. The predicted octanol–water partition coefficient (Wildman–Crippen LogP) is 6.45. The Morgan fingerprint density at radius 3 is 2.17 bits per heavy atom. The van der Waals surface area contributed by atoms with Crippen molar-refractivity contribution in [3.8, 4) is 17.2 Å². The second kappa shape index (κ2) is 16.9. The van der Waals surface area contributed by atoms with E-state index >= 15 is 8.78 Å². The van der Waals surface area contributed by atoms with Crippen molar-refractivity contribution in [1.82, 2.24) is 14.8 Å². The van der Waals surface area contributed by atoms with E-state index in [1.54, 1.807) is 6.20 Å². The smallest absolute Gasteiger partial charge is 0.350 e. The maximum Gasteiger partial charge on any atom is 0.350 e. The van der Waals surface area contributed by atoms with Gasteiger partial charge in [-0.25, -0.2) is 0 Å². The highest BCUT2D eigenvalue weighted by atomic mass is 19.3. The van der Waals surface area contributed by atoms with E-state index < -0.39 is 23.4 Å². The van der Waals surface area contributed by atoms with Gasteiger partial charge in [-0.3, -0.25) is 14.6 Å². The largest absolute Gasteiger partial charge is 0.493 e. The van der Waals surface area contributed by atoms with E-state index in [1.807, 2.05) is 41.4 Å². The standard InChI is InChI=1S/C36H45F2N3O5/c1-44-31-24-29(25-32(45-2)34(31)46-3)36(37,38)35(43)41-23-8-7-17-30(41)18-19-33(42)40(21-10-15-27-12-5-4-6-13-27)22-11-16-28-14-9-20-39-26-28/h4-6,9,12-14,20,24-26,30H,7-8,10-11,15-19,21-23H2,1-3H3. The second-order valence-electron chi connectivity index (χ2n) is 11.6. The summed E-state index contributed by atoms with van der Waals surface area (Å²) in [7, 11) is 4.05. The normalized spacial score (nSPS) is 14.9. The molecule has 0 bridgehead atoms. The van der Waals surface area contributed by atoms with Crippen LogP contribution in [0.15, 0.2) is 67.0 Å². The van der Waals surface area contributed by atoms with Gasteiger partial charge in [-0.1, -0.05) is 36.4 Å². The molecule has 1 aliphatic rings. The van der Waals surface area contributed by atoms with Crippen LogP contribution in [0.1, 0.15) is 61.6 Å². The van der Waals surface area contributed by atoms with Gasteiger partial charge in [0.25, 0.3) is 5.91 Å². The summed E-state index contributed by atoms with van der Waals surface area (Å²) in [5.41, 5.74) is 1.80. The summed E-state index contributed by atoms with van der Waals surface area (Å²) >= 11 is 0. The minimum Gasteiger partial charge on any atom is -0.493 e. The Balaban J connectivity index is 1.43. The van der Waals surface area contributed by atoms with E-state index in [9.17, 15) is 9.59 Å². The average Bonchev–Trinajstić information content (AvgIpc) is 3.09. The molecule has 2 aromatic carbocycles. The van der Waals surface area contributed by atoms with Gasteiger partial charge in [-0.2, -0.15) is 8.78 Å². The minimum atomic E-state index is -3.83. The van der Waals surface area contributed by atoms with Crippen molar-refractivity contribution in [3.05, 3.63) is 83.7 Å². The number of methoxy groups -OCH3 is 3. The fourth-order valence-corrected chi connectivity index (χ4v) is 6.08. The molecular weight excluding hydrogens is 592 g/mol. The first-order valence-electron chi connectivity index (χ1n) is 16.0. The summed E-state index contributed by atoms with van der Waals surface area (Å²) < 4.78 is 47.4. The number of benzene rings is 2. The number of rotatable bonds is 16. The molecule has 1 atom stereocenters. The van der Waals surface area contributed by atoms with Crippen molar-refractivity contribution in [2.45, 2.75) is 69.8 Å². The topological polar surface area (TPSA) is 81.2 Å². The third-order valence-corrected chi connectivity index (χ3v) is 8.58. The van der Waals surface area contributed by atoms with E-state index in [1.165, 1.54) is 31.8 Å². The molecule has 248 valence electrons. The molecule has 46 heavy (non-hydrogen) atoms. The van der Waals surface area contributed by atoms with Crippen molar-refractivity contribution in [1.29, 1.82) is 0 Å². The van der Waals surface area contributed by atoms with Crippen molar-refractivity contribution in [3.63, 3.8) is 0 Å². The third kappa shape index (κ3) is 8.95. The molecule has 10 heteroatoms. The zero-order chi connectivity index (χ0) is 32.9. The van der Waals surface area contributed by atoms with E-state index in [0.29, 0.717) is 32.4 Å². The van der Waals surface area contributed by atoms with Crippen LogP contribution in [0, 0.1) is 0 Å². The Hall–Kier alpha value is -4.21. The number of pyridine rings is 1. The maximum atomic E-state index is 15.8. The van der Waals surface area contributed by atoms with Crippen molar-refractivity contribution in [2.75, 3.05) is 41.0 Å². The van der Waals surface area contributed by atoms with Crippen molar-refractivity contribution in [2.24, 2.45) is 0 Å². The molecule has 0 aliphatic carbocycles. The Bertz CT molecular complexity index is 1340. The lowest BCUT2D eigenvalue weighted by atomic mass is 9.95. The fourth-order valence-electron chi connectivity index (χ4n) is 6.08.